The van der Waals surface area contributed by atoms with Crippen molar-refractivity contribution in [3.63, 3.8) is 0 Å². The van der Waals surface area contributed by atoms with E-state index < -0.39 is 0 Å². The molecule has 1 N–H and O–H groups in total. The molecule has 4 heteroatoms. The predicted molar refractivity (Wildman–Crippen MR) is 68.9 cm³/mol. The van der Waals surface area contributed by atoms with Crippen LogP contribution in [-0.2, 0) is 0 Å². The van der Waals surface area contributed by atoms with Gasteiger partial charge < -0.3 is 5.32 Å². The van der Waals surface area contributed by atoms with Gasteiger partial charge in [-0.3, -0.25) is 0 Å². The van der Waals surface area contributed by atoms with Crippen LogP contribution in [-0.4, -0.2) is 16.2 Å². The van der Waals surface area contributed by atoms with Gasteiger partial charge in [0, 0.05) is 6.04 Å². The number of nitrogens with one attached hydrogen (secondary N) is 1. The molecule has 0 aromatic carbocycles. The van der Waals surface area contributed by atoms with Crippen LogP contribution >= 0.6 is 11.3 Å². The molecule has 1 aliphatic rings. The van der Waals surface area contributed by atoms with E-state index in [1.165, 1.54) is 38.5 Å². The van der Waals surface area contributed by atoms with E-state index in [0.29, 0.717) is 6.04 Å². The largest absolute Gasteiger partial charge is 0.357 e. The summed E-state index contributed by atoms with van der Waals surface area (Å²) in [6, 6.07) is 0.615. The lowest BCUT2D eigenvalue weighted by Crippen LogP contribution is -2.18. The van der Waals surface area contributed by atoms with Gasteiger partial charge in [-0.1, -0.05) is 37.5 Å². The molecule has 0 amide bonds. The SMILES string of the molecule is CCC1CCCC(Nc2nnc(C)s2)CC1. The van der Waals surface area contributed by atoms with Crippen molar-refractivity contribution in [3.05, 3.63) is 5.01 Å². The van der Waals surface area contributed by atoms with Gasteiger partial charge in [0.25, 0.3) is 0 Å². The van der Waals surface area contributed by atoms with Crippen LogP contribution < -0.4 is 5.32 Å². The molecule has 0 saturated heterocycles. The van der Waals surface area contributed by atoms with Crippen molar-refractivity contribution in [1.29, 1.82) is 0 Å². The van der Waals surface area contributed by atoms with Crippen molar-refractivity contribution in [3.8, 4) is 0 Å². The molecular weight excluding hydrogens is 218 g/mol. The van der Waals surface area contributed by atoms with Gasteiger partial charge in [-0.15, -0.1) is 10.2 Å². The minimum absolute atomic E-state index is 0.615. The van der Waals surface area contributed by atoms with Crippen LogP contribution in [0.4, 0.5) is 5.13 Å². The molecule has 0 aliphatic heterocycles. The van der Waals surface area contributed by atoms with Crippen molar-refractivity contribution in [2.75, 3.05) is 5.32 Å². The van der Waals surface area contributed by atoms with Crippen molar-refractivity contribution in [2.45, 2.75) is 58.4 Å². The highest BCUT2D eigenvalue weighted by Crippen LogP contribution is 2.27. The average Bonchev–Trinajstić information content (AvgIpc) is 2.55. The van der Waals surface area contributed by atoms with E-state index in [-0.39, 0.29) is 0 Å². The fourth-order valence-corrected chi connectivity index (χ4v) is 3.13. The average molecular weight is 239 g/mol. The molecule has 0 spiro atoms. The third kappa shape index (κ3) is 3.17. The molecule has 0 bridgehead atoms. The Kier molecular flexibility index (Phi) is 4.16. The Balaban J connectivity index is 1.86. The molecule has 1 aromatic rings. The van der Waals surface area contributed by atoms with Gasteiger partial charge in [-0.25, -0.2) is 0 Å². The van der Waals surface area contributed by atoms with E-state index >= 15 is 0 Å². The fraction of sp³-hybridized carbons (Fsp3) is 0.833. The fourth-order valence-electron chi connectivity index (χ4n) is 2.46. The van der Waals surface area contributed by atoms with Gasteiger partial charge in [-0.2, -0.15) is 0 Å². The van der Waals surface area contributed by atoms with E-state index in [1.54, 1.807) is 11.3 Å². The highest BCUT2D eigenvalue weighted by atomic mass is 32.1. The number of aryl methyl sites for hydroxylation is 1. The van der Waals surface area contributed by atoms with E-state index in [9.17, 15) is 0 Å². The maximum absolute atomic E-state index is 4.14. The zero-order valence-electron chi connectivity index (χ0n) is 10.2. The standard InChI is InChI=1S/C12H21N3S/c1-3-10-5-4-6-11(8-7-10)13-12-15-14-9(2)16-12/h10-11H,3-8H2,1-2H3,(H,13,15). The zero-order chi connectivity index (χ0) is 11.4. The quantitative estimate of drug-likeness (QED) is 0.819. The molecule has 90 valence electrons. The monoisotopic (exact) mass is 239 g/mol. The number of rotatable bonds is 3. The van der Waals surface area contributed by atoms with Crippen LogP contribution in [0.3, 0.4) is 0 Å². The summed E-state index contributed by atoms with van der Waals surface area (Å²) in [5, 5.41) is 13.8. The van der Waals surface area contributed by atoms with Gasteiger partial charge in [0.05, 0.1) is 0 Å². The Morgan fingerprint density at radius 1 is 1.25 bits per heavy atom. The zero-order valence-corrected chi connectivity index (χ0v) is 11.0. The van der Waals surface area contributed by atoms with Gasteiger partial charge >= 0.3 is 0 Å². The summed E-state index contributed by atoms with van der Waals surface area (Å²) in [6.45, 7) is 4.32. The van der Waals surface area contributed by atoms with Crippen molar-refractivity contribution in [2.24, 2.45) is 5.92 Å². The molecule has 1 aliphatic carbocycles. The third-order valence-electron chi connectivity index (χ3n) is 3.52. The van der Waals surface area contributed by atoms with Gasteiger partial charge in [-0.05, 0) is 32.1 Å². The number of anilines is 1. The molecule has 1 heterocycles. The normalized spacial score (nSPS) is 26.4. The summed E-state index contributed by atoms with van der Waals surface area (Å²) >= 11 is 1.66. The Morgan fingerprint density at radius 2 is 2.12 bits per heavy atom. The van der Waals surface area contributed by atoms with E-state index in [0.717, 1.165) is 16.1 Å². The Labute approximate surface area is 102 Å². The lowest BCUT2D eigenvalue weighted by molar-refractivity contribution is 0.444. The summed E-state index contributed by atoms with van der Waals surface area (Å²) < 4.78 is 0. The highest BCUT2D eigenvalue weighted by Gasteiger charge is 2.18. The van der Waals surface area contributed by atoms with Gasteiger partial charge in [0.2, 0.25) is 5.13 Å². The van der Waals surface area contributed by atoms with Crippen LogP contribution in [0.2, 0.25) is 0 Å². The number of nitrogens with zero attached hydrogens (tertiary/aromatic N) is 2. The van der Waals surface area contributed by atoms with Crippen molar-refractivity contribution < 1.29 is 0 Å². The maximum Gasteiger partial charge on any atom is 0.205 e. The third-order valence-corrected chi connectivity index (χ3v) is 4.29. The predicted octanol–water partition coefficient (Wildman–Crippen LogP) is 3.62. The van der Waals surface area contributed by atoms with Crippen molar-refractivity contribution in [1.82, 2.24) is 10.2 Å². The summed E-state index contributed by atoms with van der Waals surface area (Å²) in [7, 11) is 0. The Morgan fingerprint density at radius 3 is 2.81 bits per heavy atom. The first kappa shape index (κ1) is 11.8. The van der Waals surface area contributed by atoms with E-state index in [4.69, 9.17) is 0 Å². The second-order valence-corrected chi connectivity index (χ2v) is 5.93. The minimum atomic E-state index is 0.615. The first-order valence-electron chi connectivity index (χ1n) is 6.34. The van der Waals surface area contributed by atoms with Gasteiger partial charge in [0.1, 0.15) is 5.01 Å². The molecule has 1 aromatic heterocycles. The lowest BCUT2D eigenvalue weighted by Gasteiger charge is -2.15. The van der Waals surface area contributed by atoms with Crippen LogP contribution in [0.5, 0.6) is 0 Å². The van der Waals surface area contributed by atoms with Crippen LogP contribution in [0.25, 0.3) is 0 Å². The minimum Gasteiger partial charge on any atom is -0.357 e. The second kappa shape index (κ2) is 5.62. The van der Waals surface area contributed by atoms with Crippen LogP contribution in [0, 0.1) is 12.8 Å². The maximum atomic E-state index is 4.14. The Bertz CT molecular complexity index is 324. The van der Waals surface area contributed by atoms with E-state index in [1.807, 2.05) is 6.92 Å². The van der Waals surface area contributed by atoms with Gasteiger partial charge in [0.15, 0.2) is 0 Å². The molecule has 2 unspecified atom stereocenters. The number of aromatic nitrogens is 2. The number of hydrogen-bond donors (Lipinski definition) is 1. The number of hydrogen-bond acceptors (Lipinski definition) is 4. The summed E-state index contributed by atoms with van der Waals surface area (Å²) in [5.74, 6) is 0.947. The molecule has 16 heavy (non-hydrogen) atoms. The summed E-state index contributed by atoms with van der Waals surface area (Å²) in [4.78, 5) is 0. The molecule has 2 rings (SSSR count). The topological polar surface area (TPSA) is 37.8 Å². The lowest BCUT2D eigenvalue weighted by atomic mass is 9.98. The molecule has 0 radical (unpaired) electrons. The first-order chi connectivity index (χ1) is 7.78. The van der Waals surface area contributed by atoms with E-state index in [2.05, 4.69) is 22.4 Å². The summed E-state index contributed by atoms with van der Waals surface area (Å²) in [6.07, 6.45) is 8.04. The summed E-state index contributed by atoms with van der Waals surface area (Å²) in [5.41, 5.74) is 0. The van der Waals surface area contributed by atoms with Crippen LogP contribution in [0.1, 0.15) is 50.5 Å². The first-order valence-corrected chi connectivity index (χ1v) is 7.16. The second-order valence-electron chi connectivity index (χ2n) is 4.75. The highest BCUT2D eigenvalue weighted by molar-refractivity contribution is 7.15. The molecular formula is C12H21N3S. The van der Waals surface area contributed by atoms with Crippen LogP contribution in [0.15, 0.2) is 0 Å². The molecule has 3 nitrogen and oxygen atoms in total. The molecule has 2 atom stereocenters. The molecule has 1 fully saturated rings. The Hall–Kier alpha value is -0.640. The van der Waals surface area contributed by atoms with Crippen molar-refractivity contribution >= 4 is 16.5 Å². The smallest absolute Gasteiger partial charge is 0.205 e. The molecule has 1 saturated carbocycles.